The molecule has 4 rings (SSSR count). The van der Waals surface area contributed by atoms with Crippen LogP contribution in [0.25, 0.3) is 0 Å². The molecule has 0 bridgehead atoms. The molecule has 0 amide bonds. The van der Waals surface area contributed by atoms with Crippen molar-refractivity contribution in [2.75, 3.05) is 0 Å². The van der Waals surface area contributed by atoms with Gasteiger partial charge < -0.3 is 10.2 Å². The van der Waals surface area contributed by atoms with E-state index in [1.807, 2.05) is 88.4 Å². The average molecular weight is 466 g/mol. The standard InChI is InChI=1S/2C8H10O.2C5H5.Zr/c2*1-6-4-3-5-7(2)8(6)9;2*1-2-4-5-3-1;/h2*3-5,9H,1-2H3;2*1-3H,4H2;/q;;2*-1;+2. The summed E-state index contributed by atoms with van der Waals surface area (Å²) in [6, 6.07) is 11.4. The van der Waals surface area contributed by atoms with Crippen LogP contribution in [0.3, 0.4) is 0 Å². The van der Waals surface area contributed by atoms with Gasteiger partial charge in [-0.1, -0.05) is 36.4 Å². The minimum absolute atomic E-state index is 0. The van der Waals surface area contributed by atoms with E-state index >= 15 is 0 Å². The van der Waals surface area contributed by atoms with Gasteiger partial charge in [-0.2, -0.15) is 12.2 Å². The molecule has 2 aromatic carbocycles. The number of hydrogen-bond acceptors (Lipinski definition) is 2. The topological polar surface area (TPSA) is 40.5 Å². The third-order valence-corrected chi connectivity index (χ3v) is 4.05. The number of hydrogen-bond donors (Lipinski definition) is 2. The van der Waals surface area contributed by atoms with Crippen molar-refractivity contribution in [2.45, 2.75) is 40.5 Å². The number of benzene rings is 2. The smallest absolute Gasteiger partial charge is 0.507 e. The molecule has 0 unspecified atom stereocenters. The summed E-state index contributed by atoms with van der Waals surface area (Å²) in [7, 11) is 0. The van der Waals surface area contributed by atoms with Gasteiger partial charge in [0.15, 0.2) is 0 Å². The van der Waals surface area contributed by atoms with E-state index in [1.165, 1.54) is 0 Å². The number of allylic oxidation sites excluding steroid dienone is 8. The monoisotopic (exact) mass is 464 g/mol. The second-order valence-electron chi connectivity index (χ2n) is 6.49. The predicted molar refractivity (Wildman–Crippen MR) is 118 cm³/mol. The molecular formula is C26H30O2Zr. The van der Waals surface area contributed by atoms with E-state index in [9.17, 15) is 10.2 Å². The minimum Gasteiger partial charge on any atom is -0.507 e. The molecule has 2 aliphatic carbocycles. The fourth-order valence-electron chi connectivity index (χ4n) is 2.29. The van der Waals surface area contributed by atoms with E-state index in [0.717, 1.165) is 35.1 Å². The van der Waals surface area contributed by atoms with Gasteiger partial charge in [0.25, 0.3) is 0 Å². The SMILES string of the molecule is Cc1cccc(C)c1O.Cc1cccc(C)c1O.[C-]1=CC=CC1.[C-]1=CC=CC1.[Zr+2]. The molecule has 0 atom stereocenters. The summed E-state index contributed by atoms with van der Waals surface area (Å²) < 4.78 is 0. The summed E-state index contributed by atoms with van der Waals surface area (Å²) in [5, 5.41) is 18.4. The van der Waals surface area contributed by atoms with Gasteiger partial charge in [0.1, 0.15) is 11.5 Å². The Kier molecular flexibility index (Phi) is 14.6. The second kappa shape index (κ2) is 15.8. The third-order valence-electron chi connectivity index (χ3n) is 4.05. The first-order chi connectivity index (χ1) is 13.4. The van der Waals surface area contributed by atoms with Crippen LogP contribution in [0.15, 0.2) is 72.9 Å². The van der Waals surface area contributed by atoms with Gasteiger partial charge in [-0.25, -0.2) is 24.3 Å². The molecule has 2 nitrogen and oxygen atoms in total. The molecule has 2 N–H and O–H groups in total. The van der Waals surface area contributed by atoms with Crippen LogP contribution >= 0.6 is 0 Å². The largest absolute Gasteiger partial charge is 2.00 e. The first kappa shape index (κ1) is 26.9. The van der Waals surface area contributed by atoms with Crippen LogP contribution in [0.4, 0.5) is 0 Å². The Labute approximate surface area is 195 Å². The molecule has 0 radical (unpaired) electrons. The minimum atomic E-state index is 0. The molecule has 0 saturated carbocycles. The quantitative estimate of drug-likeness (QED) is 0.429. The van der Waals surface area contributed by atoms with Crippen molar-refractivity contribution < 1.29 is 36.4 Å². The Balaban J connectivity index is 0.000000369. The summed E-state index contributed by atoms with van der Waals surface area (Å²) in [5.74, 6) is 0.829. The van der Waals surface area contributed by atoms with Gasteiger partial charge in [0, 0.05) is 0 Å². The van der Waals surface area contributed by atoms with Crippen LogP contribution in [0.1, 0.15) is 35.1 Å². The molecule has 0 aromatic heterocycles. The van der Waals surface area contributed by atoms with E-state index < -0.39 is 0 Å². The van der Waals surface area contributed by atoms with E-state index in [0.29, 0.717) is 11.5 Å². The molecule has 2 aromatic rings. The van der Waals surface area contributed by atoms with Crippen molar-refractivity contribution in [1.29, 1.82) is 0 Å². The molecular weight excluding hydrogens is 436 g/mol. The Morgan fingerprint density at radius 3 is 1.07 bits per heavy atom. The van der Waals surface area contributed by atoms with Gasteiger partial charge in [-0.3, -0.25) is 12.2 Å². The Hall–Kier alpha value is -2.12. The molecule has 0 aliphatic heterocycles. The average Bonchev–Trinajstić information content (AvgIpc) is 3.43. The summed E-state index contributed by atoms with van der Waals surface area (Å²) in [6.45, 7) is 7.56. The third kappa shape index (κ3) is 11.5. The summed E-state index contributed by atoms with van der Waals surface area (Å²) in [4.78, 5) is 0. The molecule has 0 fully saturated rings. The van der Waals surface area contributed by atoms with Crippen LogP contribution < -0.4 is 0 Å². The van der Waals surface area contributed by atoms with Crippen LogP contribution in [0.5, 0.6) is 11.5 Å². The fraction of sp³-hybridized carbons (Fsp3) is 0.231. The number of phenols is 2. The van der Waals surface area contributed by atoms with Crippen LogP contribution in [0.2, 0.25) is 0 Å². The first-order valence-electron chi connectivity index (χ1n) is 9.37. The summed E-state index contributed by atoms with van der Waals surface area (Å²) in [5.41, 5.74) is 3.76. The zero-order valence-corrected chi connectivity index (χ0v) is 20.2. The van der Waals surface area contributed by atoms with Crippen molar-refractivity contribution >= 4 is 0 Å². The Morgan fingerprint density at radius 2 is 0.931 bits per heavy atom. The van der Waals surface area contributed by atoms with E-state index in [2.05, 4.69) is 24.3 Å². The Morgan fingerprint density at radius 1 is 0.621 bits per heavy atom. The van der Waals surface area contributed by atoms with Crippen molar-refractivity contribution in [3.05, 3.63) is 107 Å². The number of rotatable bonds is 0. The molecule has 2 aliphatic rings. The summed E-state index contributed by atoms with van der Waals surface area (Å²) >= 11 is 0. The van der Waals surface area contributed by atoms with E-state index in [4.69, 9.17) is 0 Å². The number of phenolic OH excluding ortho intramolecular Hbond substituents is 2. The predicted octanol–water partition coefficient (Wildman–Crippen LogP) is 6.63. The number of aryl methyl sites for hydroxylation is 4. The van der Waals surface area contributed by atoms with Gasteiger partial charge in [0.2, 0.25) is 0 Å². The van der Waals surface area contributed by atoms with Crippen molar-refractivity contribution in [2.24, 2.45) is 0 Å². The molecule has 29 heavy (non-hydrogen) atoms. The number of aromatic hydroxyl groups is 2. The van der Waals surface area contributed by atoms with Crippen LogP contribution in [-0.4, -0.2) is 10.2 Å². The molecule has 0 spiro atoms. The van der Waals surface area contributed by atoms with Crippen molar-refractivity contribution in [3.63, 3.8) is 0 Å². The Bertz CT molecular complexity index is 714. The molecule has 0 heterocycles. The second-order valence-corrected chi connectivity index (χ2v) is 6.49. The molecule has 150 valence electrons. The van der Waals surface area contributed by atoms with Crippen molar-refractivity contribution in [1.82, 2.24) is 0 Å². The van der Waals surface area contributed by atoms with Gasteiger partial charge in [-0.05, 0) is 49.9 Å². The normalized spacial score (nSPS) is 12.0. The number of para-hydroxylation sites is 2. The first-order valence-corrected chi connectivity index (χ1v) is 9.37. The van der Waals surface area contributed by atoms with Gasteiger partial charge >= 0.3 is 26.2 Å². The van der Waals surface area contributed by atoms with Crippen LogP contribution in [-0.2, 0) is 26.2 Å². The zero-order chi connectivity index (χ0) is 20.8. The molecule has 3 heteroatoms. The summed E-state index contributed by atoms with van der Waals surface area (Å²) in [6.07, 6.45) is 20.0. The van der Waals surface area contributed by atoms with Gasteiger partial charge in [-0.15, -0.1) is 12.8 Å². The maximum absolute atomic E-state index is 9.21. The van der Waals surface area contributed by atoms with E-state index in [1.54, 1.807) is 0 Å². The molecule has 0 saturated heterocycles. The van der Waals surface area contributed by atoms with Crippen LogP contribution in [0, 0.1) is 39.8 Å². The maximum Gasteiger partial charge on any atom is 2.00 e. The fourth-order valence-corrected chi connectivity index (χ4v) is 2.29. The van der Waals surface area contributed by atoms with Gasteiger partial charge in [0.05, 0.1) is 0 Å². The van der Waals surface area contributed by atoms with Crippen molar-refractivity contribution in [3.8, 4) is 11.5 Å². The van der Waals surface area contributed by atoms with E-state index in [-0.39, 0.29) is 26.2 Å². The zero-order valence-electron chi connectivity index (χ0n) is 17.7. The maximum atomic E-state index is 9.21.